The maximum Gasteiger partial charge on any atom is 0.224 e. The van der Waals surface area contributed by atoms with Crippen molar-refractivity contribution in [2.24, 2.45) is 17.8 Å². The Hall–Kier alpha value is -1.81. The van der Waals surface area contributed by atoms with E-state index < -0.39 is 0 Å². The predicted octanol–water partition coefficient (Wildman–Crippen LogP) is 2.99. The first-order valence-electron chi connectivity index (χ1n) is 9.65. The Balaban J connectivity index is 1.33. The summed E-state index contributed by atoms with van der Waals surface area (Å²) in [5, 5.41) is 14.0. The van der Waals surface area contributed by atoms with Gasteiger partial charge in [-0.15, -0.1) is 0 Å². The highest BCUT2D eigenvalue weighted by Gasteiger charge is 2.47. The second-order valence-electron chi connectivity index (χ2n) is 8.18. The first kappa shape index (κ1) is 15.4. The maximum atomic E-state index is 12.6. The van der Waals surface area contributed by atoms with E-state index in [2.05, 4.69) is 17.4 Å². The van der Waals surface area contributed by atoms with Crippen LogP contribution in [-0.4, -0.2) is 23.7 Å². The Morgan fingerprint density at radius 3 is 2.84 bits per heavy atom. The number of hydrogen-bond donors (Lipinski definition) is 2. The van der Waals surface area contributed by atoms with Crippen LogP contribution in [0.5, 0.6) is 0 Å². The highest BCUT2D eigenvalue weighted by Crippen LogP contribution is 2.48. The number of fused-ring (bicyclic) bond motifs is 4. The number of rotatable bonds is 4. The van der Waals surface area contributed by atoms with Crippen molar-refractivity contribution in [1.29, 1.82) is 0 Å². The van der Waals surface area contributed by atoms with E-state index in [-0.39, 0.29) is 24.5 Å². The third-order valence-corrected chi connectivity index (χ3v) is 6.85. The van der Waals surface area contributed by atoms with Gasteiger partial charge in [0, 0.05) is 29.5 Å². The van der Waals surface area contributed by atoms with Gasteiger partial charge < -0.3 is 14.8 Å². The minimum Gasteiger partial charge on any atom is -0.464 e. The molecular weight excluding hydrogens is 314 g/mol. The van der Waals surface area contributed by atoms with E-state index in [9.17, 15) is 9.90 Å². The Morgan fingerprint density at radius 2 is 2.00 bits per heavy atom. The predicted molar refractivity (Wildman–Crippen MR) is 95.3 cm³/mol. The van der Waals surface area contributed by atoms with Crippen molar-refractivity contribution < 1.29 is 14.3 Å². The van der Waals surface area contributed by atoms with Crippen LogP contribution in [0.3, 0.4) is 0 Å². The Labute approximate surface area is 147 Å². The molecule has 4 heteroatoms. The van der Waals surface area contributed by atoms with Crippen molar-refractivity contribution >= 4 is 16.9 Å². The molecule has 1 aromatic heterocycles. The van der Waals surface area contributed by atoms with Crippen LogP contribution in [0.4, 0.5) is 0 Å². The average Bonchev–Trinajstić information content (AvgIpc) is 3.36. The summed E-state index contributed by atoms with van der Waals surface area (Å²) in [7, 11) is 0. The lowest BCUT2D eigenvalue weighted by Crippen LogP contribution is -2.45. The summed E-state index contributed by atoms with van der Waals surface area (Å²) < 4.78 is 5.72. The van der Waals surface area contributed by atoms with Crippen LogP contribution in [0.25, 0.3) is 11.0 Å². The number of benzene rings is 1. The lowest BCUT2D eigenvalue weighted by atomic mass is 9.85. The molecule has 132 valence electrons. The van der Waals surface area contributed by atoms with Crippen LogP contribution in [0.15, 0.2) is 22.8 Å². The summed E-state index contributed by atoms with van der Waals surface area (Å²) in [5.74, 6) is 1.44. The molecule has 3 aliphatic carbocycles. The molecule has 1 amide bonds. The molecule has 4 nitrogen and oxygen atoms in total. The fraction of sp³-hybridized carbons (Fsp3) is 0.571. The fourth-order valence-electron chi connectivity index (χ4n) is 5.59. The molecule has 25 heavy (non-hydrogen) atoms. The van der Waals surface area contributed by atoms with Gasteiger partial charge in [0.2, 0.25) is 5.91 Å². The fourth-order valence-corrected chi connectivity index (χ4v) is 5.59. The largest absolute Gasteiger partial charge is 0.464 e. The summed E-state index contributed by atoms with van der Waals surface area (Å²) in [6, 6.07) is 4.52. The highest BCUT2D eigenvalue weighted by molar-refractivity contribution is 5.88. The molecule has 2 N–H and O–H groups in total. The zero-order valence-corrected chi connectivity index (χ0v) is 14.5. The molecule has 4 unspecified atom stereocenters. The number of carbonyl (C=O) groups is 1. The summed E-state index contributed by atoms with van der Waals surface area (Å²) in [4.78, 5) is 12.6. The van der Waals surface area contributed by atoms with Crippen LogP contribution >= 0.6 is 0 Å². The van der Waals surface area contributed by atoms with Crippen molar-refractivity contribution in [1.82, 2.24) is 5.32 Å². The standard InChI is InChI=1S/C21H25NO3/c23-10-18-14-4-5-15(6-14)21(18)22-20(24)9-16-11-25-19-8-13-3-1-2-12(13)7-17(16)19/h7-8,11,14-15,18,21,23H,1-6,9-10H2,(H,22,24). The SMILES string of the molecule is O=C(Cc1coc2cc3c(cc12)CCC3)NC1C2CCC(C2)C1CO. The molecule has 0 saturated heterocycles. The van der Waals surface area contributed by atoms with Gasteiger partial charge >= 0.3 is 0 Å². The Kier molecular flexibility index (Phi) is 3.63. The molecule has 0 radical (unpaired) electrons. The van der Waals surface area contributed by atoms with Crippen molar-refractivity contribution in [3.05, 3.63) is 35.1 Å². The van der Waals surface area contributed by atoms with Crippen LogP contribution < -0.4 is 5.32 Å². The molecule has 4 atom stereocenters. The number of nitrogens with one attached hydrogen (secondary N) is 1. The number of aliphatic hydroxyl groups excluding tert-OH is 1. The number of carbonyl (C=O) groups excluding carboxylic acids is 1. The smallest absolute Gasteiger partial charge is 0.224 e. The van der Waals surface area contributed by atoms with Crippen molar-refractivity contribution in [3.8, 4) is 0 Å². The minimum atomic E-state index is 0.0548. The van der Waals surface area contributed by atoms with Crippen LogP contribution in [0.1, 0.15) is 42.4 Å². The minimum absolute atomic E-state index is 0.0548. The van der Waals surface area contributed by atoms with Gasteiger partial charge in [0.05, 0.1) is 12.7 Å². The lowest BCUT2D eigenvalue weighted by Gasteiger charge is -2.30. The first-order valence-corrected chi connectivity index (χ1v) is 9.65. The maximum absolute atomic E-state index is 12.6. The summed E-state index contributed by atoms with van der Waals surface area (Å²) >= 11 is 0. The van der Waals surface area contributed by atoms with Crippen molar-refractivity contribution in [2.45, 2.75) is 51.0 Å². The van der Waals surface area contributed by atoms with Gasteiger partial charge in [-0.2, -0.15) is 0 Å². The molecule has 2 bridgehead atoms. The third kappa shape index (κ3) is 2.50. The second kappa shape index (κ2) is 5.87. The van der Waals surface area contributed by atoms with Crippen LogP contribution in [0, 0.1) is 17.8 Å². The number of aliphatic hydroxyl groups is 1. The van der Waals surface area contributed by atoms with Gasteiger partial charge in [-0.25, -0.2) is 0 Å². The molecule has 3 aliphatic rings. The van der Waals surface area contributed by atoms with Gasteiger partial charge in [0.25, 0.3) is 0 Å². The molecule has 2 saturated carbocycles. The normalized spacial score (nSPS) is 30.1. The zero-order valence-electron chi connectivity index (χ0n) is 14.5. The Bertz CT molecular complexity index is 824. The number of aryl methyl sites for hydroxylation is 2. The quantitative estimate of drug-likeness (QED) is 0.900. The van der Waals surface area contributed by atoms with E-state index in [0.29, 0.717) is 18.3 Å². The number of hydrogen-bond acceptors (Lipinski definition) is 3. The third-order valence-electron chi connectivity index (χ3n) is 6.85. The zero-order chi connectivity index (χ0) is 17.0. The van der Waals surface area contributed by atoms with E-state index in [1.165, 1.54) is 30.4 Å². The molecular formula is C21H25NO3. The summed E-state index contributed by atoms with van der Waals surface area (Å²) in [5.41, 5.74) is 4.68. The van der Waals surface area contributed by atoms with E-state index in [1.807, 2.05) is 0 Å². The van der Waals surface area contributed by atoms with Gasteiger partial charge in [0.1, 0.15) is 5.58 Å². The summed E-state index contributed by atoms with van der Waals surface area (Å²) in [6.07, 6.45) is 9.13. The monoisotopic (exact) mass is 339 g/mol. The van der Waals surface area contributed by atoms with E-state index in [4.69, 9.17) is 4.42 Å². The topological polar surface area (TPSA) is 62.5 Å². The molecule has 5 rings (SSSR count). The van der Waals surface area contributed by atoms with E-state index >= 15 is 0 Å². The molecule has 2 aromatic rings. The average molecular weight is 339 g/mol. The van der Waals surface area contributed by atoms with Crippen LogP contribution in [0.2, 0.25) is 0 Å². The Morgan fingerprint density at radius 1 is 1.20 bits per heavy atom. The van der Waals surface area contributed by atoms with Gasteiger partial charge in [-0.05, 0) is 73.6 Å². The lowest BCUT2D eigenvalue weighted by molar-refractivity contribution is -0.122. The summed E-state index contributed by atoms with van der Waals surface area (Å²) in [6.45, 7) is 0.187. The second-order valence-corrected chi connectivity index (χ2v) is 8.18. The molecule has 0 spiro atoms. The van der Waals surface area contributed by atoms with E-state index in [0.717, 1.165) is 35.8 Å². The van der Waals surface area contributed by atoms with Crippen molar-refractivity contribution in [3.63, 3.8) is 0 Å². The molecule has 1 heterocycles. The van der Waals surface area contributed by atoms with Crippen molar-refractivity contribution in [2.75, 3.05) is 6.61 Å². The van der Waals surface area contributed by atoms with Gasteiger partial charge in [-0.1, -0.05) is 0 Å². The van der Waals surface area contributed by atoms with E-state index in [1.54, 1.807) is 6.26 Å². The molecule has 2 fully saturated rings. The molecule has 0 aliphatic heterocycles. The molecule has 1 aromatic carbocycles. The van der Waals surface area contributed by atoms with Gasteiger partial charge in [-0.3, -0.25) is 4.79 Å². The number of furan rings is 1. The number of amides is 1. The first-order chi connectivity index (χ1) is 12.2. The van der Waals surface area contributed by atoms with Gasteiger partial charge in [0.15, 0.2) is 0 Å². The van der Waals surface area contributed by atoms with Crippen LogP contribution in [-0.2, 0) is 24.1 Å². The highest BCUT2D eigenvalue weighted by atomic mass is 16.3.